The lowest BCUT2D eigenvalue weighted by molar-refractivity contribution is 0.281. The molecular weight excluding hydrogens is 302 g/mol. The van der Waals surface area contributed by atoms with Crippen molar-refractivity contribution in [3.63, 3.8) is 0 Å². The third-order valence-electron chi connectivity index (χ3n) is 2.99. The zero-order valence-corrected chi connectivity index (χ0v) is 14.3. The zero-order chi connectivity index (χ0) is 16.4. The molecule has 1 aromatic rings. The van der Waals surface area contributed by atoms with Crippen LogP contribution < -0.4 is 10.1 Å². The van der Waals surface area contributed by atoms with Gasteiger partial charge in [0.15, 0.2) is 5.96 Å². The molecule has 7 heteroatoms. The SMILES string of the molecule is CN=C(NCCCS(C)(=O)=O)N(C)CCOc1ccccc1. The van der Waals surface area contributed by atoms with Gasteiger partial charge < -0.3 is 15.0 Å². The van der Waals surface area contributed by atoms with Gasteiger partial charge >= 0.3 is 0 Å². The molecule has 6 nitrogen and oxygen atoms in total. The Labute approximate surface area is 133 Å². The van der Waals surface area contributed by atoms with Crippen molar-refractivity contribution in [2.75, 3.05) is 45.8 Å². The minimum atomic E-state index is -2.91. The minimum absolute atomic E-state index is 0.178. The highest BCUT2D eigenvalue weighted by Crippen LogP contribution is 2.07. The van der Waals surface area contributed by atoms with Crippen LogP contribution >= 0.6 is 0 Å². The average Bonchev–Trinajstić information content (AvgIpc) is 2.47. The molecule has 0 aromatic heterocycles. The van der Waals surface area contributed by atoms with Crippen LogP contribution in [0.3, 0.4) is 0 Å². The van der Waals surface area contributed by atoms with E-state index in [1.54, 1.807) is 7.05 Å². The molecule has 0 saturated heterocycles. The van der Waals surface area contributed by atoms with Crippen LogP contribution in [0.5, 0.6) is 5.75 Å². The van der Waals surface area contributed by atoms with Crippen LogP contribution in [0.4, 0.5) is 0 Å². The number of benzene rings is 1. The Morgan fingerprint density at radius 3 is 2.59 bits per heavy atom. The molecule has 0 saturated carbocycles. The van der Waals surface area contributed by atoms with Crippen molar-refractivity contribution in [1.82, 2.24) is 10.2 Å². The number of aliphatic imine (C=N–C) groups is 1. The molecule has 0 spiro atoms. The summed E-state index contributed by atoms with van der Waals surface area (Å²) in [6.07, 6.45) is 1.81. The van der Waals surface area contributed by atoms with Gasteiger partial charge in [-0.15, -0.1) is 0 Å². The second kappa shape index (κ2) is 9.30. The number of hydrogen-bond acceptors (Lipinski definition) is 4. The van der Waals surface area contributed by atoms with Gasteiger partial charge in [0.2, 0.25) is 0 Å². The molecule has 0 amide bonds. The first-order valence-corrected chi connectivity index (χ1v) is 9.26. The number of likely N-dealkylation sites (N-methyl/N-ethyl adjacent to an activating group) is 1. The van der Waals surface area contributed by atoms with E-state index in [-0.39, 0.29) is 5.75 Å². The van der Waals surface area contributed by atoms with Crippen LogP contribution in [-0.4, -0.2) is 65.1 Å². The average molecular weight is 327 g/mol. The number of nitrogens with zero attached hydrogens (tertiary/aromatic N) is 2. The van der Waals surface area contributed by atoms with Gasteiger partial charge in [-0.05, 0) is 18.6 Å². The van der Waals surface area contributed by atoms with Crippen LogP contribution in [0.1, 0.15) is 6.42 Å². The molecule has 0 radical (unpaired) electrons. The van der Waals surface area contributed by atoms with E-state index >= 15 is 0 Å². The van der Waals surface area contributed by atoms with Crippen molar-refractivity contribution in [2.24, 2.45) is 4.99 Å². The Hall–Kier alpha value is -1.76. The number of nitrogens with one attached hydrogen (secondary N) is 1. The molecule has 1 aromatic carbocycles. The van der Waals surface area contributed by atoms with E-state index in [0.717, 1.165) is 11.7 Å². The smallest absolute Gasteiger partial charge is 0.193 e. The quantitative estimate of drug-likeness (QED) is 0.438. The summed E-state index contributed by atoms with van der Waals surface area (Å²) in [5.74, 6) is 1.75. The molecule has 0 heterocycles. The molecule has 0 bridgehead atoms. The van der Waals surface area contributed by atoms with Gasteiger partial charge in [-0.2, -0.15) is 0 Å². The summed E-state index contributed by atoms with van der Waals surface area (Å²) in [5, 5.41) is 3.15. The predicted molar refractivity (Wildman–Crippen MR) is 90.3 cm³/mol. The first kappa shape index (κ1) is 18.3. The molecule has 0 aliphatic carbocycles. The molecule has 124 valence electrons. The number of rotatable bonds is 8. The Morgan fingerprint density at radius 1 is 1.32 bits per heavy atom. The van der Waals surface area contributed by atoms with Gasteiger partial charge in [-0.3, -0.25) is 4.99 Å². The van der Waals surface area contributed by atoms with Crippen LogP contribution in [0.15, 0.2) is 35.3 Å². The van der Waals surface area contributed by atoms with E-state index in [0.29, 0.717) is 26.1 Å². The summed E-state index contributed by atoms with van der Waals surface area (Å²) in [6.45, 7) is 1.80. The fourth-order valence-electron chi connectivity index (χ4n) is 1.84. The van der Waals surface area contributed by atoms with Gasteiger partial charge in [0.05, 0.1) is 12.3 Å². The maximum Gasteiger partial charge on any atom is 0.193 e. The van der Waals surface area contributed by atoms with E-state index in [2.05, 4.69) is 10.3 Å². The Balaban J connectivity index is 2.28. The van der Waals surface area contributed by atoms with Gasteiger partial charge in [0.1, 0.15) is 22.2 Å². The van der Waals surface area contributed by atoms with Crippen LogP contribution in [-0.2, 0) is 9.84 Å². The van der Waals surface area contributed by atoms with Gasteiger partial charge in [0.25, 0.3) is 0 Å². The molecular formula is C15H25N3O3S. The summed E-state index contributed by atoms with van der Waals surface area (Å²) in [5.41, 5.74) is 0. The van der Waals surface area contributed by atoms with Gasteiger partial charge in [-0.1, -0.05) is 18.2 Å². The first-order valence-electron chi connectivity index (χ1n) is 7.20. The number of sulfone groups is 1. The van der Waals surface area contributed by atoms with Crippen molar-refractivity contribution in [2.45, 2.75) is 6.42 Å². The molecule has 0 aliphatic heterocycles. The second-order valence-corrected chi connectivity index (χ2v) is 7.30. The summed E-state index contributed by atoms with van der Waals surface area (Å²) < 4.78 is 27.8. The van der Waals surface area contributed by atoms with Crippen LogP contribution in [0.2, 0.25) is 0 Å². The van der Waals surface area contributed by atoms with Crippen LogP contribution in [0.25, 0.3) is 0 Å². The molecule has 22 heavy (non-hydrogen) atoms. The fourth-order valence-corrected chi connectivity index (χ4v) is 2.51. The van der Waals surface area contributed by atoms with E-state index < -0.39 is 9.84 Å². The van der Waals surface area contributed by atoms with Crippen molar-refractivity contribution < 1.29 is 13.2 Å². The van der Waals surface area contributed by atoms with E-state index in [4.69, 9.17) is 4.74 Å². The molecule has 1 rings (SSSR count). The number of hydrogen-bond donors (Lipinski definition) is 1. The van der Waals surface area contributed by atoms with E-state index in [1.165, 1.54) is 6.26 Å². The largest absolute Gasteiger partial charge is 0.492 e. The van der Waals surface area contributed by atoms with Crippen molar-refractivity contribution in [3.8, 4) is 5.75 Å². The first-order chi connectivity index (χ1) is 10.4. The lowest BCUT2D eigenvalue weighted by atomic mass is 10.3. The molecule has 0 unspecified atom stereocenters. The standard InChI is InChI=1S/C15H25N3O3S/c1-16-15(17-10-7-13-22(3,19)20)18(2)11-12-21-14-8-5-4-6-9-14/h4-6,8-9H,7,10-13H2,1-3H3,(H,16,17). The van der Waals surface area contributed by atoms with Crippen LogP contribution in [0, 0.1) is 0 Å². The third-order valence-corrected chi connectivity index (χ3v) is 4.02. The van der Waals surface area contributed by atoms with Crippen molar-refractivity contribution >= 4 is 15.8 Å². The lowest BCUT2D eigenvalue weighted by Crippen LogP contribution is -2.41. The molecule has 0 atom stereocenters. The van der Waals surface area contributed by atoms with Gasteiger partial charge in [0, 0.05) is 26.9 Å². The molecule has 1 N–H and O–H groups in total. The highest BCUT2D eigenvalue weighted by molar-refractivity contribution is 7.90. The summed E-state index contributed by atoms with van der Waals surface area (Å²) in [6, 6.07) is 9.64. The maximum absolute atomic E-state index is 11.1. The molecule has 0 aliphatic rings. The molecule has 0 fully saturated rings. The summed E-state index contributed by atoms with van der Waals surface area (Å²) in [4.78, 5) is 6.12. The summed E-state index contributed by atoms with van der Waals surface area (Å²) in [7, 11) is 0.711. The zero-order valence-electron chi connectivity index (χ0n) is 13.4. The van der Waals surface area contributed by atoms with E-state index in [9.17, 15) is 8.42 Å². The number of ether oxygens (including phenoxy) is 1. The number of guanidine groups is 1. The Bertz CT molecular complexity index is 559. The Kier molecular flexibility index (Phi) is 7.73. The van der Waals surface area contributed by atoms with Gasteiger partial charge in [-0.25, -0.2) is 8.42 Å². The predicted octanol–water partition coefficient (Wildman–Crippen LogP) is 1.01. The van der Waals surface area contributed by atoms with Crippen molar-refractivity contribution in [3.05, 3.63) is 30.3 Å². The van der Waals surface area contributed by atoms with E-state index in [1.807, 2.05) is 42.3 Å². The third kappa shape index (κ3) is 7.87. The fraction of sp³-hybridized carbons (Fsp3) is 0.533. The Morgan fingerprint density at radius 2 is 2.00 bits per heavy atom. The number of para-hydroxylation sites is 1. The second-order valence-electron chi connectivity index (χ2n) is 5.04. The normalized spacial score (nSPS) is 12.0. The highest BCUT2D eigenvalue weighted by atomic mass is 32.2. The summed E-state index contributed by atoms with van der Waals surface area (Å²) >= 11 is 0. The monoisotopic (exact) mass is 327 g/mol. The van der Waals surface area contributed by atoms with Crippen molar-refractivity contribution in [1.29, 1.82) is 0 Å². The minimum Gasteiger partial charge on any atom is -0.492 e. The lowest BCUT2D eigenvalue weighted by Gasteiger charge is -2.22. The topological polar surface area (TPSA) is 71.0 Å². The highest BCUT2D eigenvalue weighted by Gasteiger charge is 2.06. The maximum atomic E-state index is 11.1.